The second-order valence-electron chi connectivity index (χ2n) is 3.91. The zero-order chi connectivity index (χ0) is 10.6. The van der Waals surface area contributed by atoms with E-state index >= 15 is 0 Å². The van der Waals surface area contributed by atoms with Gasteiger partial charge in [-0.25, -0.2) is 0 Å². The molecule has 14 heavy (non-hydrogen) atoms. The number of aliphatic hydroxyl groups is 1. The Kier molecular flexibility index (Phi) is 4.75. The van der Waals surface area contributed by atoms with E-state index in [1.165, 1.54) is 0 Å². The van der Waals surface area contributed by atoms with Crippen LogP contribution >= 0.6 is 11.8 Å². The lowest BCUT2D eigenvalue weighted by molar-refractivity contribution is -0.137. The molecule has 0 saturated carbocycles. The Hall–Kier alpha value is -0.220. The monoisotopic (exact) mass is 217 g/mol. The summed E-state index contributed by atoms with van der Waals surface area (Å²) in [4.78, 5) is 13.8. The molecule has 1 rings (SSSR count). The van der Waals surface area contributed by atoms with Gasteiger partial charge < -0.3 is 10.0 Å². The quantitative estimate of drug-likeness (QED) is 0.763. The lowest BCUT2D eigenvalue weighted by Crippen LogP contribution is -2.42. The van der Waals surface area contributed by atoms with Crippen LogP contribution < -0.4 is 0 Å². The average molecular weight is 217 g/mol. The smallest absolute Gasteiger partial charge is 0.226 e. The lowest BCUT2D eigenvalue weighted by atomic mass is 10.1. The first-order valence-electron chi connectivity index (χ1n) is 5.16. The van der Waals surface area contributed by atoms with E-state index in [-0.39, 0.29) is 24.5 Å². The summed E-state index contributed by atoms with van der Waals surface area (Å²) in [6.45, 7) is 4.52. The van der Waals surface area contributed by atoms with E-state index in [2.05, 4.69) is 0 Å². The van der Waals surface area contributed by atoms with Crippen molar-refractivity contribution in [1.82, 2.24) is 4.90 Å². The van der Waals surface area contributed by atoms with Crippen molar-refractivity contribution in [3.8, 4) is 0 Å². The third kappa shape index (κ3) is 2.89. The summed E-state index contributed by atoms with van der Waals surface area (Å²) in [5, 5.41) is 8.88. The fraction of sp³-hybridized carbons (Fsp3) is 0.900. The first kappa shape index (κ1) is 11.9. The number of hydrogen-bond acceptors (Lipinski definition) is 3. The Morgan fingerprint density at radius 3 is 2.79 bits per heavy atom. The van der Waals surface area contributed by atoms with Gasteiger partial charge in [0.1, 0.15) is 0 Å². The average Bonchev–Trinajstić information content (AvgIpc) is 2.65. The van der Waals surface area contributed by atoms with Crippen molar-refractivity contribution in [3.05, 3.63) is 0 Å². The molecular weight excluding hydrogens is 198 g/mol. The molecule has 0 aromatic heterocycles. The number of thioether (sulfide) groups is 1. The zero-order valence-electron chi connectivity index (χ0n) is 8.90. The normalized spacial score (nSPS) is 21.6. The van der Waals surface area contributed by atoms with Crippen LogP contribution in [-0.2, 0) is 4.79 Å². The van der Waals surface area contributed by atoms with Crippen molar-refractivity contribution in [3.63, 3.8) is 0 Å². The fourth-order valence-corrected chi connectivity index (χ4v) is 2.91. The SMILES string of the molecule is CC(C)N(CCO)C(=O)C1CCSC1. The van der Waals surface area contributed by atoms with Gasteiger partial charge in [-0.2, -0.15) is 11.8 Å². The molecule has 1 fully saturated rings. The number of rotatable bonds is 4. The molecule has 82 valence electrons. The van der Waals surface area contributed by atoms with Gasteiger partial charge in [-0.3, -0.25) is 4.79 Å². The highest BCUT2D eigenvalue weighted by molar-refractivity contribution is 7.99. The largest absolute Gasteiger partial charge is 0.395 e. The van der Waals surface area contributed by atoms with Crippen molar-refractivity contribution in [2.45, 2.75) is 26.3 Å². The third-order valence-corrected chi connectivity index (χ3v) is 3.69. The molecule has 4 heteroatoms. The molecule has 0 bridgehead atoms. The minimum absolute atomic E-state index is 0.0593. The van der Waals surface area contributed by atoms with Crippen LogP contribution in [0.5, 0.6) is 0 Å². The van der Waals surface area contributed by atoms with Crippen molar-refractivity contribution in [1.29, 1.82) is 0 Å². The van der Waals surface area contributed by atoms with E-state index in [1.807, 2.05) is 25.6 Å². The highest BCUT2D eigenvalue weighted by atomic mass is 32.2. The summed E-state index contributed by atoms with van der Waals surface area (Å²) in [5.41, 5.74) is 0. The van der Waals surface area contributed by atoms with E-state index in [9.17, 15) is 4.79 Å². The highest BCUT2D eigenvalue weighted by Crippen LogP contribution is 2.25. The van der Waals surface area contributed by atoms with Gasteiger partial charge >= 0.3 is 0 Å². The third-order valence-electron chi connectivity index (χ3n) is 2.53. The molecule has 3 nitrogen and oxygen atoms in total. The molecular formula is C10H19NO2S. The predicted molar refractivity (Wildman–Crippen MR) is 59.4 cm³/mol. The number of carbonyl (C=O) groups excluding carboxylic acids is 1. The lowest BCUT2D eigenvalue weighted by Gasteiger charge is -2.28. The molecule has 1 atom stereocenters. The van der Waals surface area contributed by atoms with Crippen LogP contribution in [0.4, 0.5) is 0 Å². The van der Waals surface area contributed by atoms with Crippen LogP contribution in [0.3, 0.4) is 0 Å². The van der Waals surface area contributed by atoms with Crippen LogP contribution in [-0.4, -0.2) is 46.6 Å². The molecule has 0 aromatic rings. The molecule has 1 N–H and O–H groups in total. The van der Waals surface area contributed by atoms with Gasteiger partial charge in [0.2, 0.25) is 5.91 Å². The zero-order valence-corrected chi connectivity index (χ0v) is 9.72. The summed E-state index contributed by atoms with van der Waals surface area (Å²) in [6.07, 6.45) is 0.998. The summed E-state index contributed by atoms with van der Waals surface area (Å²) < 4.78 is 0. The second kappa shape index (κ2) is 5.61. The van der Waals surface area contributed by atoms with Gasteiger partial charge in [0.15, 0.2) is 0 Å². The van der Waals surface area contributed by atoms with E-state index in [0.717, 1.165) is 17.9 Å². The molecule has 0 spiro atoms. The Morgan fingerprint density at radius 2 is 2.36 bits per heavy atom. The maximum absolute atomic E-state index is 12.0. The summed E-state index contributed by atoms with van der Waals surface area (Å²) >= 11 is 1.85. The molecule has 0 aromatic carbocycles. The number of carbonyl (C=O) groups is 1. The molecule has 1 aliphatic heterocycles. The van der Waals surface area contributed by atoms with Gasteiger partial charge in [-0.1, -0.05) is 0 Å². The van der Waals surface area contributed by atoms with E-state index in [1.54, 1.807) is 4.90 Å². The van der Waals surface area contributed by atoms with Crippen molar-refractivity contribution in [2.24, 2.45) is 5.92 Å². The Balaban J connectivity index is 2.53. The van der Waals surface area contributed by atoms with E-state index < -0.39 is 0 Å². The van der Waals surface area contributed by atoms with E-state index in [4.69, 9.17) is 5.11 Å². The van der Waals surface area contributed by atoms with Gasteiger partial charge in [-0.15, -0.1) is 0 Å². The highest BCUT2D eigenvalue weighted by Gasteiger charge is 2.28. The van der Waals surface area contributed by atoms with Gasteiger partial charge in [0.05, 0.1) is 6.61 Å². The second-order valence-corrected chi connectivity index (χ2v) is 5.06. The maximum Gasteiger partial charge on any atom is 0.226 e. The van der Waals surface area contributed by atoms with Crippen molar-refractivity contribution < 1.29 is 9.90 Å². The van der Waals surface area contributed by atoms with E-state index in [0.29, 0.717) is 6.54 Å². The van der Waals surface area contributed by atoms with Crippen LogP contribution in [0.2, 0.25) is 0 Å². The number of hydrogen-bond donors (Lipinski definition) is 1. The first-order valence-corrected chi connectivity index (χ1v) is 6.31. The van der Waals surface area contributed by atoms with Gasteiger partial charge in [0, 0.05) is 24.3 Å². The van der Waals surface area contributed by atoms with Crippen LogP contribution in [0.15, 0.2) is 0 Å². The summed E-state index contributed by atoms with van der Waals surface area (Å²) in [7, 11) is 0. The maximum atomic E-state index is 12.0. The molecule has 1 amide bonds. The number of nitrogens with zero attached hydrogens (tertiary/aromatic N) is 1. The molecule has 1 saturated heterocycles. The molecule has 0 aliphatic carbocycles. The van der Waals surface area contributed by atoms with Crippen molar-refractivity contribution in [2.75, 3.05) is 24.7 Å². The summed E-state index contributed by atoms with van der Waals surface area (Å²) in [6, 6.07) is 0.195. The van der Waals surface area contributed by atoms with Crippen LogP contribution in [0, 0.1) is 5.92 Å². The van der Waals surface area contributed by atoms with Gasteiger partial charge in [0.25, 0.3) is 0 Å². The van der Waals surface area contributed by atoms with Gasteiger partial charge in [-0.05, 0) is 26.0 Å². The molecule has 0 radical (unpaired) electrons. The van der Waals surface area contributed by atoms with Crippen LogP contribution in [0.1, 0.15) is 20.3 Å². The Labute approximate surface area is 89.9 Å². The summed E-state index contributed by atoms with van der Waals surface area (Å²) in [5.74, 6) is 2.46. The Bertz CT molecular complexity index is 191. The minimum Gasteiger partial charge on any atom is -0.395 e. The number of amides is 1. The topological polar surface area (TPSA) is 40.5 Å². The fourth-order valence-electron chi connectivity index (χ4n) is 1.69. The molecule has 1 aliphatic rings. The predicted octanol–water partition coefficient (Wildman–Crippen LogP) is 0.969. The number of aliphatic hydroxyl groups excluding tert-OH is 1. The van der Waals surface area contributed by atoms with Crippen molar-refractivity contribution >= 4 is 17.7 Å². The molecule has 1 heterocycles. The minimum atomic E-state index is 0.0593. The first-order chi connectivity index (χ1) is 6.66. The van der Waals surface area contributed by atoms with Crippen LogP contribution in [0.25, 0.3) is 0 Å². The Morgan fingerprint density at radius 1 is 1.64 bits per heavy atom. The molecule has 1 unspecified atom stereocenters. The standard InChI is InChI=1S/C10H19NO2S/c1-8(2)11(4-5-12)10(13)9-3-6-14-7-9/h8-9,12H,3-7H2,1-2H3.